The number of aromatic nitrogens is 2. The third kappa shape index (κ3) is 3.26. The van der Waals surface area contributed by atoms with E-state index >= 15 is 0 Å². The van der Waals surface area contributed by atoms with E-state index in [1.165, 1.54) is 32.1 Å². The van der Waals surface area contributed by atoms with Crippen LogP contribution in [0.4, 0.5) is 0 Å². The van der Waals surface area contributed by atoms with Crippen molar-refractivity contribution in [1.82, 2.24) is 10.1 Å². The van der Waals surface area contributed by atoms with Crippen LogP contribution in [-0.4, -0.2) is 15.2 Å². The highest BCUT2D eigenvalue weighted by molar-refractivity contribution is 5.62. The molecule has 21 heavy (non-hydrogen) atoms. The van der Waals surface area contributed by atoms with Gasteiger partial charge in [0.2, 0.25) is 0 Å². The monoisotopic (exact) mass is 286 g/mol. The third-order valence-corrected chi connectivity index (χ3v) is 4.30. The zero-order valence-electron chi connectivity index (χ0n) is 12.5. The molecule has 0 amide bonds. The van der Waals surface area contributed by atoms with Crippen LogP contribution in [0.15, 0.2) is 22.7 Å². The maximum Gasteiger partial charge on any atom is 0.261 e. The number of rotatable bonds is 2. The molecule has 112 valence electrons. The summed E-state index contributed by atoms with van der Waals surface area (Å²) in [5, 5.41) is 14.2. The van der Waals surface area contributed by atoms with Crippen LogP contribution in [0.1, 0.15) is 62.3 Å². The van der Waals surface area contributed by atoms with Gasteiger partial charge in [0, 0.05) is 5.92 Å². The zero-order chi connectivity index (χ0) is 14.7. The van der Waals surface area contributed by atoms with E-state index in [2.05, 4.69) is 10.1 Å². The lowest BCUT2D eigenvalue weighted by Crippen LogP contribution is -2.04. The number of phenolic OH excluding ortho intramolecular Hbond substituents is 1. The minimum atomic E-state index is 0.197. The summed E-state index contributed by atoms with van der Waals surface area (Å²) in [7, 11) is 0. The molecular weight excluding hydrogens is 264 g/mol. The van der Waals surface area contributed by atoms with Crippen molar-refractivity contribution in [1.29, 1.82) is 0 Å². The number of hydrogen-bond donors (Lipinski definition) is 1. The smallest absolute Gasteiger partial charge is 0.261 e. The summed E-state index contributed by atoms with van der Waals surface area (Å²) < 4.78 is 5.38. The van der Waals surface area contributed by atoms with Crippen LogP contribution >= 0.6 is 0 Å². The molecule has 4 heteroatoms. The highest BCUT2D eigenvalue weighted by Crippen LogP contribution is 2.33. The Labute approximate surface area is 125 Å². The van der Waals surface area contributed by atoms with Gasteiger partial charge in [-0.25, -0.2) is 0 Å². The fourth-order valence-corrected chi connectivity index (χ4v) is 3.05. The van der Waals surface area contributed by atoms with Crippen molar-refractivity contribution in [3.63, 3.8) is 0 Å². The van der Waals surface area contributed by atoms with E-state index in [4.69, 9.17) is 4.52 Å². The SMILES string of the molecule is Cc1ccc(-c2nc(C3CCCCCCC3)no2)c(O)c1. The molecule has 0 spiro atoms. The largest absolute Gasteiger partial charge is 0.507 e. The van der Waals surface area contributed by atoms with Gasteiger partial charge in [0.05, 0.1) is 5.56 Å². The lowest BCUT2D eigenvalue weighted by molar-refractivity contribution is 0.391. The van der Waals surface area contributed by atoms with Crippen LogP contribution in [0.5, 0.6) is 5.75 Å². The molecule has 0 bridgehead atoms. The van der Waals surface area contributed by atoms with E-state index in [0.717, 1.165) is 24.2 Å². The molecule has 1 heterocycles. The number of phenols is 1. The predicted molar refractivity (Wildman–Crippen MR) is 81.2 cm³/mol. The summed E-state index contributed by atoms with van der Waals surface area (Å²) in [5.41, 5.74) is 1.63. The van der Waals surface area contributed by atoms with Crippen molar-refractivity contribution >= 4 is 0 Å². The fourth-order valence-electron chi connectivity index (χ4n) is 3.05. The topological polar surface area (TPSA) is 59.2 Å². The highest BCUT2D eigenvalue weighted by atomic mass is 16.5. The predicted octanol–water partition coefficient (Wildman–Crippen LogP) is 4.58. The summed E-state index contributed by atoms with van der Waals surface area (Å²) in [6.07, 6.45) is 8.72. The molecule has 0 radical (unpaired) electrons. The molecule has 0 saturated heterocycles. The van der Waals surface area contributed by atoms with E-state index in [1.807, 2.05) is 19.1 Å². The first-order chi connectivity index (χ1) is 10.2. The molecule has 3 rings (SSSR count). The Hall–Kier alpha value is -1.84. The molecule has 1 aromatic heterocycles. The summed E-state index contributed by atoms with van der Waals surface area (Å²) in [6.45, 7) is 1.94. The molecule has 0 aliphatic heterocycles. The fraction of sp³-hybridized carbons (Fsp3) is 0.529. The van der Waals surface area contributed by atoms with Gasteiger partial charge in [-0.1, -0.05) is 43.3 Å². The van der Waals surface area contributed by atoms with Crippen LogP contribution in [0.25, 0.3) is 11.5 Å². The summed E-state index contributed by atoms with van der Waals surface area (Å²) in [6, 6.07) is 5.49. The van der Waals surface area contributed by atoms with E-state index in [1.54, 1.807) is 6.07 Å². The second-order valence-corrected chi connectivity index (χ2v) is 6.02. The summed E-state index contributed by atoms with van der Waals surface area (Å²) in [5.74, 6) is 1.81. The molecule has 1 aromatic carbocycles. The maximum atomic E-state index is 10.0. The number of aryl methyl sites for hydroxylation is 1. The van der Waals surface area contributed by atoms with Crippen LogP contribution in [0.3, 0.4) is 0 Å². The maximum absolute atomic E-state index is 10.0. The van der Waals surface area contributed by atoms with Crippen molar-refractivity contribution < 1.29 is 9.63 Å². The third-order valence-electron chi connectivity index (χ3n) is 4.30. The zero-order valence-corrected chi connectivity index (χ0v) is 12.5. The van der Waals surface area contributed by atoms with Crippen LogP contribution < -0.4 is 0 Å². The van der Waals surface area contributed by atoms with Crippen molar-refractivity contribution in [3.05, 3.63) is 29.6 Å². The number of benzene rings is 1. The first-order valence-corrected chi connectivity index (χ1v) is 7.87. The standard InChI is InChI=1S/C17H22N2O2/c1-12-9-10-14(15(20)11-12)17-18-16(19-21-17)13-7-5-3-2-4-6-8-13/h9-11,13,20H,2-8H2,1H3. The summed E-state index contributed by atoms with van der Waals surface area (Å²) in [4.78, 5) is 4.53. The van der Waals surface area contributed by atoms with E-state index in [9.17, 15) is 5.11 Å². The lowest BCUT2D eigenvalue weighted by atomic mass is 9.91. The van der Waals surface area contributed by atoms with Gasteiger partial charge in [-0.2, -0.15) is 4.98 Å². The highest BCUT2D eigenvalue weighted by Gasteiger charge is 2.20. The van der Waals surface area contributed by atoms with Gasteiger partial charge in [0.15, 0.2) is 5.82 Å². The second-order valence-electron chi connectivity index (χ2n) is 6.02. The van der Waals surface area contributed by atoms with Gasteiger partial charge in [0.1, 0.15) is 5.75 Å². The molecular formula is C17H22N2O2. The van der Waals surface area contributed by atoms with Crippen LogP contribution in [0, 0.1) is 6.92 Å². The molecule has 1 aliphatic carbocycles. The van der Waals surface area contributed by atoms with Crippen molar-refractivity contribution in [2.24, 2.45) is 0 Å². The van der Waals surface area contributed by atoms with Crippen LogP contribution in [0.2, 0.25) is 0 Å². The summed E-state index contributed by atoms with van der Waals surface area (Å²) >= 11 is 0. The molecule has 1 saturated carbocycles. The Balaban J connectivity index is 1.81. The normalized spacial score (nSPS) is 17.4. The number of nitrogens with zero attached hydrogens (tertiary/aromatic N) is 2. The van der Waals surface area contributed by atoms with Gasteiger partial charge in [-0.05, 0) is 37.5 Å². The van der Waals surface area contributed by atoms with Gasteiger partial charge in [0.25, 0.3) is 5.89 Å². The lowest BCUT2D eigenvalue weighted by Gasteiger charge is -2.15. The van der Waals surface area contributed by atoms with E-state index in [0.29, 0.717) is 17.4 Å². The molecule has 1 fully saturated rings. The first-order valence-electron chi connectivity index (χ1n) is 7.87. The molecule has 1 N–H and O–H groups in total. The van der Waals surface area contributed by atoms with E-state index in [-0.39, 0.29) is 5.75 Å². The molecule has 0 unspecified atom stereocenters. The minimum absolute atomic E-state index is 0.197. The molecule has 0 atom stereocenters. The van der Waals surface area contributed by atoms with Gasteiger partial charge < -0.3 is 9.63 Å². The Bertz CT molecular complexity index is 599. The molecule has 4 nitrogen and oxygen atoms in total. The number of hydrogen-bond acceptors (Lipinski definition) is 4. The average molecular weight is 286 g/mol. The Morgan fingerprint density at radius 1 is 1.10 bits per heavy atom. The van der Waals surface area contributed by atoms with Gasteiger partial charge >= 0.3 is 0 Å². The van der Waals surface area contributed by atoms with Gasteiger partial charge in [-0.15, -0.1) is 0 Å². The van der Waals surface area contributed by atoms with Crippen molar-refractivity contribution in [2.75, 3.05) is 0 Å². The Morgan fingerprint density at radius 3 is 2.52 bits per heavy atom. The molecule has 2 aromatic rings. The quantitative estimate of drug-likeness (QED) is 0.878. The van der Waals surface area contributed by atoms with Gasteiger partial charge in [-0.3, -0.25) is 0 Å². The number of aromatic hydroxyl groups is 1. The van der Waals surface area contributed by atoms with Crippen molar-refractivity contribution in [2.45, 2.75) is 57.8 Å². The Kier molecular flexibility index (Phi) is 4.23. The second kappa shape index (κ2) is 6.29. The Morgan fingerprint density at radius 2 is 1.81 bits per heavy atom. The first kappa shape index (κ1) is 14.1. The van der Waals surface area contributed by atoms with E-state index < -0.39 is 0 Å². The minimum Gasteiger partial charge on any atom is -0.507 e. The molecule has 1 aliphatic rings. The average Bonchev–Trinajstić information content (AvgIpc) is 2.87. The van der Waals surface area contributed by atoms with Crippen molar-refractivity contribution in [3.8, 4) is 17.2 Å². The van der Waals surface area contributed by atoms with Crippen LogP contribution in [-0.2, 0) is 0 Å².